The Morgan fingerprint density at radius 2 is 2.23 bits per heavy atom. The van der Waals surface area contributed by atoms with Crippen molar-refractivity contribution in [3.8, 4) is 0 Å². The molecule has 0 spiro atoms. The van der Waals surface area contributed by atoms with Gasteiger partial charge in [0.1, 0.15) is 12.8 Å². The van der Waals surface area contributed by atoms with Crippen LogP contribution >= 0.6 is 11.9 Å². The van der Waals surface area contributed by atoms with Crippen LogP contribution in [-0.2, 0) is 9.47 Å². The molecule has 8 nitrogen and oxygen atoms in total. The highest BCUT2D eigenvalue weighted by Crippen LogP contribution is 2.40. The van der Waals surface area contributed by atoms with Gasteiger partial charge in [-0.05, 0) is 18.0 Å². The van der Waals surface area contributed by atoms with E-state index in [1.54, 1.807) is 13.2 Å². The number of methoxy groups -OCH3 is 1. The van der Waals surface area contributed by atoms with E-state index in [-0.39, 0.29) is 12.5 Å². The number of Topliss-reactive ketones (excluding diaryl/α,β-unsaturated/α-hetero) is 1. The summed E-state index contributed by atoms with van der Waals surface area (Å²) >= 11 is 1.45. The first-order valence-electron chi connectivity index (χ1n) is 6.69. The number of carbonyl (C=O) groups excluding carboxylic acids is 1. The Labute approximate surface area is 131 Å². The molecular weight excluding hydrogens is 306 g/mol. The molecule has 2 heterocycles. The highest BCUT2D eigenvalue weighted by atomic mass is 32.2. The summed E-state index contributed by atoms with van der Waals surface area (Å²) in [4.78, 5) is 13.6. The van der Waals surface area contributed by atoms with Crippen LogP contribution in [0.2, 0.25) is 0 Å². The van der Waals surface area contributed by atoms with Crippen molar-refractivity contribution >= 4 is 17.7 Å². The van der Waals surface area contributed by atoms with E-state index in [4.69, 9.17) is 9.47 Å². The molecule has 1 aliphatic rings. The Hall–Kier alpha value is -1.81. The number of nitrogens with one attached hydrogen (secondary N) is 1. The number of ether oxygens (including phenoxy) is 2. The van der Waals surface area contributed by atoms with Gasteiger partial charge in [-0.1, -0.05) is 23.4 Å². The summed E-state index contributed by atoms with van der Waals surface area (Å²) in [6.07, 6.45) is 0. The van der Waals surface area contributed by atoms with Crippen LogP contribution in [0.5, 0.6) is 0 Å². The maximum absolute atomic E-state index is 12.8. The first kappa shape index (κ1) is 15.1. The molecule has 0 saturated carbocycles. The van der Waals surface area contributed by atoms with Crippen LogP contribution in [0.15, 0.2) is 29.2 Å². The van der Waals surface area contributed by atoms with Crippen LogP contribution in [-0.4, -0.2) is 57.8 Å². The monoisotopic (exact) mass is 321 g/mol. The predicted molar refractivity (Wildman–Crippen MR) is 78.1 cm³/mol. The maximum Gasteiger partial charge on any atom is 0.200 e. The third-order valence-corrected chi connectivity index (χ3v) is 4.26. The lowest BCUT2D eigenvalue weighted by molar-refractivity contribution is 0.0233. The number of rotatable bonds is 6. The minimum Gasteiger partial charge on any atom is -0.382 e. The fraction of sp³-hybridized carbons (Fsp3) is 0.385. The second-order valence-electron chi connectivity index (χ2n) is 4.57. The smallest absolute Gasteiger partial charge is 0.200 e. The molecule has 1 unspecified atom stereocenters. The van der Waals surface area contributed by atoms with Crippen LogP contribution < -0.4 is 0 Å². The zero-order valence-corrected chi connectivity index (χ0v) is 12.7. The molecule has 2 aromatic rings. The number of hydrogen-bond acceptors (Lipinski definition) is 8. The Bertz CT molecular complexity index is 636. The number of ketones is 1. The van der Waals surface area contributed by atoms with Gasteiger partial charge < -0.3 is 9.47 Å². The van der Waals surface area contributed by atoms with Crippen molar-refractivity contribution in [3.05, 3.63) is 35.7 Å². The molecule has 0 aliphatic carbocycles. The minimum atomic E-state index is -0.624. The van der Waals surface area contributed by atoms with Gasteiger partial charge in [0.05, 0.1) is 13.2 Å². The molecule has 1 aromatic carbocycles. The molecule has 3 rings (SSSR count). The highest BCUT2D eigenvalue weighted by molar-refractivity contribution is 7.97. The average Bonchev–Trinajstić information content (AvgIpc) is 3.06. The van der Waals surface area contributed by atoms with Crippen LogP contribution in [0.4, 0.5) is 0 Å². The molecule has 116 valence electrons. The molecule has 0 bridgehead atoms. The maximum atomic E-state index is 12.8. The van der Waals surface area contributed by atoms with Crippen LogP contribution in [0.25, 0.3) is 0 Å². The van der Waals surface area contributed by atoms with Gasteiger partial charge >= 0.3 is 0 Å². The van der Waals surface area contributed by atoms with Gasteiger partial charge in [0.25, 0.3) is 0 Å². The third-order valence-electron chi connectivity index (χ3n) is 3.16. The van der Waals surface area contributed by atoms with Crippen molar-refractivity contribution in [2.45, 2.75) is 10.9 Å². The molecule has 0 radical (unpaired) electrons. The van der Waals surface area contributed by atoms with Gasteiger partial charge in [-0.25, -0.2) is 4.31 Å². The van der Waals surface area contributed by atoms with E-state index in [1.807, 2.05) is 22.5 Å². The van der Waals surface area contributed by atoms with E-state index in [1.165, 1.54) is 11.9 Å². The molecule has 1 aromatic heterocycles. The Morgan fingerprint density at radius 1 is 1.36 bits per heavy atom. The lowest BCUT2D eigenvalue weighted by Gasteiger charge is -2.32. The van der Waals surface area contributed by atoms with E-state index in [9.17, 15) is 4.79 Å². The van der Waals surface area contributed by atoms with Crippen molar-refractivity contribution in [3.63, 3.8) is 0 Å². The number of carbonyl (C=O) groups is 1. The zero-order chi connectivity index (χ0) is 15.4. The summed E-state index contributed by atoms with van der Waals surface area (Å²) in [5.74, 6) is 0.272. The first-order valence-corrected chi connectivity index (χ1v) is 7.46. The fourth-order valence-electron chi connectivity index (χ4n) is 2.14. The zero-order valence-electron chi connectivity index (χ0n) is 11.9. The van der Waals surface area contributed by atoms with Crippen LogP contribution in [0.3, 0.4) is 0 Å². The average molecular weight is 321 g/mol. The lowest BCUT2D eigenvalue weighted by atomic mass is 10.0. The SMILES string of the molecule is COCCOCN1Sc2ccccc2C(=O)C1c1nn[nH]n1. The molecule has 0 fully saturated rings. The number of nitrogens with zero attached hydrogens (tertiary/aromatic N) is 4. The standard InChI is InChI=1S/C13H15N5O3S/c1-20-6-7-21-8-18-11(13-14-16-17-15-13)12(19)9-4-2-3-5-10(9)22-18/h2-5,11H,6-8H2,1H3,(H,14,15,16,17). The van der Waals surface area contributed by atoms with Crippen LogP contribution in [0, 0.1) is 0 Å². The number of hydrogen-bond donors (Lipinski definition) is 1. The number of aromatic nitrogens is 4. The van der Waals surface area contributed by atoms with E-state index in [2.05, 4.69) is 20.6 Å². The second kappa shape index (κ2) is 6.97. The predicted octanol–water partition coefficient (Wildman–Crippen LogP) is 1.07. The first-order chi connectivity index (χ1) is 10.8. The van der Waals surface area contributed by atoms with Crippen molar-refractivity contribution in [2.24, 2.45) is 0 Å². The normalized spacial score (nSPS) is 18.4. The molecule has 1 atom stereocenters. The van der Waals surface area contributed by atoms with Crippen molar-refractivity contribution in [2.75, 3.05) is 27.1 Å². The topological polar surface area (TPSA) is 93.2 Å². The Balaban J connectivity index is 1.84. The third kappa shape index (κ3) is 3.02. The molecule has 0 amide bonds. The summed E-state index contributed by atoms with van der Waals surface area (Å²) in [6, 6.07) is 6.83. The van der Waals surface area contributed by atoms with Crippen molar-refractivity contribution in [1.82, 2.24) is 24.9 Å². The molecule has 1 aliphatic heterocycles. The number of tetrazole rings is 1. The number of fused-ring (bicyclic) bond motifs is 1. The molecule has 0 saturated heterocycles. The Kier molecular flexibility index (Phi) is 4.78. The van der Waals surface area contributed by atoms with E-state index in [0.717, 1.165) is 4.90 Å². The summed E-state index contributed by atoms with van der Waals surface area (Å²) in [5, 5.41) is 13.8. The van der Waals surface area contributed by atoms with Gasteiger partial charge in [0.15, 0.2) is 5.78 Å². The molecule has 1 N–H and O–H groups in total. The van der Waals surface area contributed by atoms with E-state index in [0.29, 0.717) is 24.6 Å². The number of aromatic amines is 1. The quantitative estimate of drug-likeness (QED) is 0.624. The summed E-state index contributed by atoms with van der Waals surface area (Å²) < 4.78 is 12.3. The second-order valence-corrected chi connectivity index (χ2v) is 5.66. The lowest BCUT2D eigenvalue weighted by Crippen LogP contribution is -2.35. The van der Waals surface area contributed by atoms with Gasteiger partial charge in [0, 0.05) is 17.6 Å². The van der Waals surface area contributed by atoms with Gasteiger partial charge in [0.2, 0.25) is 5.82 Å². The fourth-order valence-corrected chi connectivity index (χ4v) is 3.22. The summed E-state index contributed by atoms with van der Waals surface area (Å²) in [7, 11) is 1.61. The van der Waals surface area contributed by atoms with Crippen molar-refractivity contribution in [1.29, 1.82) is 0 Å². The molecule has 22 heavy (non-hydrogen) atoms. The molecule has 9 heteroatoms. The van der Waals surface area contributed by atoms with Crippen LogP contribution in [0.1, 0.15) is 22.2 Å². The number of benzene rings is 1. The highest BCUT2D eigenvalue weighted by Gasteiger charge is 2.38. The number of H-pyrrole nitrogens is 1. The van der Waals surface area contributed by atoms with Gasteiger partial charge in [-0.15, -0.1) is 10.2 Å². The van der Waals surface area contributed by atoms with Gasteiger partial charge in [-0.2, -0.15) is 5.21 Å². The minimum absolute atomic E-state index is 0.0638. The summed E-state index contributed by atoms with van der Waals surface area (Å²) in [5.41, 5.74) is 0.662. The summed E-state index contributed by atoms with van der Waals surface area (Å²) in [6.45, 7) is 1.20. The largest absolute Gasteiger partial charge is 0.382 e. The van der Waals surface area contributed by atoms with Gasteiger partial charge in [-0.3, -0.25) is 4.79 Å². The van der Waals surface area contributed by atoms with E-state index >= 15 is 0 Å². The Morgan fingerprint density at radius 3 is 3.00 bits per heavy atom. The van der Waals surface area contributed by atoms with Crippen molar-refractivity contribution < 1.29 is 14.3 Å². The van der Waals surface area contributed by atoms with E-state index < -0.39 is 6.04 Å². The molecular formula is C13H15N5O3S.